The first-order valence-electron chi connectivity index (χ1n) is 4.07. The van der Waals surface area contributed by atoms with E-state index in [4.69, 9.17) is 11.6 Å². The maximum atomic E-state index is 11.5. The minimum absolute atomic E-state index is 0.183. The maximum absolute atomic E-state index is 11.5. The Morgan fingerprint density at radius 1 is 1.40 bits per heavy atom. The first kappa shape index (κ1) is 9.81. The molecule has 0 saturated carbocycles. The van der Waals surface area contributed by atoms with Gasteiger partial charge in [0.1, 0.15) is 0 Å². The highest BCUT2D eigenvalue weighted by Gasteiger charge is 2.04. The number of H-pyrrole nitrogens is 1. The maximum Gasteiger partial charge on any atom is 0.280 e. The molecule has 2 aromatic heterocycles. The molecule has 7 nitrogen and oxygen atoms in total. The van der Waals surface area contributed by atoms with Crippen LogP contribution >= 0.6 is 11.6 Å². The number of hydrogen-bond acceptors (Lipinski definition) is 6. The van der Waals surface area contributed by atoms with E-state index in [-0.39, 0.29) is 28.7 Å². The zero-order chi connectivity index (χ0) is 10.7. The predicted molar refractivity (Wildman–Crippen MR) is 55.4 cm³/mol. The van der Waals surface area contributed by atoms with E-state index in [1.54, 1.807) is 0 Å². The number of nitrogens with zero attached hydrogens (tertiary/aromatic N) is 3. The monoisotopic (exact) mass is 226 g/mol. The van der Waals surface area contributed by atoms with Crippen LogP contribution in [0.5, 0.6) is 0 Å². The highest BCUT2D eigenvalue weighted by atomic mass is 35.5. The van der Waals surface area contributed by atoms with Gasteiger partial charge in [-0.25, -0.2) is 15.4 Å². The second-order valence-corrected chi connectivity index (χ2v) is 2.85. The van der Waals surface area contributed by atoms with Gasteiger partial charge in [-0.05, 0) is 0 Å². The Labute approximate surface area is 88.9 Å². The summed E-state index contributed by atoms with van der Waals surface area (Å²) in [5, 5.41) is 0. The summed E-state index contributed by atoms with van der Waals surface area (Å²) in [4.78, 5) is 25.7. The van der Waals surface area contributed by atoms with E-state index in [2.05, 4.69) is 30.8 Å². The van der Waals surface area contributed by atoms with Gasteiger partial charge in [-0.3, -0.25) is 15.2 Å². The van der Waals surface area contributed by atoms with Crippen molar-refractivity contribution >= 4 is 28.7 Å². The number of rotatable bonds is 3. The Bertz CT molecular complexity index is 526. The number of aromatic nitrogens is 4. The molecule has 2 heterocycles. The van der Waals surface area contributed by atoms with E-state index in [1.807, 2.05) is 0 Å². The number of hydrogen-bond donors (Lipinski definition) is 3. The molecule has 0 saturated heterocycles. The van der Waals surface area contributed by atoms with Crippen LogP contribution in [0.1, 0.15) is 0 Å². The molecule has 0 unspecified atom stereocenters. The van der Waals surface area contributed by atoms with Gasteiger partial charge < -0.3 is 0 Å². The fourth-order valence-electron chi connectivity index (χ4n) is 1.05. The Morgan fingerprint density at radius 2 is 2.20 bits per heavy atom. The first-order valence-corrected chi connectivity index (χ1v) is 4.60. The van der Waals surface area contributed by atoms with Crippen LogP contribution in [0.2, 0.25) is 0 Å². The third-order valence-electron chi connectivity index (χ3n) is 1.62. The molecule has 0 aliphatic rings. The number of hydrazine groups is 1. The van der Waals surface area contributed by atoms with Gasteiger partial charge in [-0.1, -0.05) is 0 Å². The van der Waals surface area contributed by atoms with Crippen LogP contribution in [0.15, 0.2) is 17.2 Å². The average molecular weight is 227 g/mol. The zero-order valence-corrected chi connectivity index (χ0v) is 8.25. The number of aromatic amines is 1. The minimum Gasteiger partial charge on any atom is -0.290 e. The van der Waals surface area contributed by atoms with E-state index >= 15 is 0 Å². The molecule has 0 amide bonds. The van der Waals surface area contributed by atoms with Crippen molar-refractivity contribution in [3.63, 3.8) is 0 Å². The Kier molecular flexibility index (Phi) is 2.75. The molecular formula is C7H7ClN6O. The molecule has 2 rings (SSSR count). The Morgan fingerprint density at radius 3 is 3.00 bits per heavy atom. The van der Waals surface area contributed by atoms with Crippen molar-refractivity contribution < 1.29 is 0 Å². The van der Waals surface area contributed by atoms with Crippen molar-refractivity contribution in [2.24, 2.45) is 0 Å². The standard InChI is InChI=1S/C7H7ClN6O/c8-3-11-14-7-12-5-4(6(15)13-7)9-1-2-10-5/h1-2,11H,3H2,(H2,10,12,13,14,15). The first-order chi connectivity index (χ1) is 7.31. The fraction of sp³-hybridized carbons (Fsp3) is 0.143. The van der Waals surface area contributed by atoms with Crippen molar-refractivity contribution in [2.75, 3.05) is 11.4 Å². The van der Waals surface area contributed by atoms with Crippen LogP contribution in [0.3, 0.4) is 0 Å². The summed E-state index contributed by atoms with van der Waals surface area (Å²) in [6, 6.07) is 0.183. The molecule has 15 heavy (non-hydrogen) atoms. The smallest absolute Gasteiger partial charge is 0.280 e. The van der Waals surface area contributed by atoms with Crippen LogP contribution in [-0.4, -0.2) is 25.9 Å². The van der Waals surface area contributed by atoms with Crippen LogP contribution < -0.4 is 16.4 Å². The van der Waals surface area contributed by atoms with Crippen molar-refractivity contribution in [1.82, 2.24) is 25.4 Å². The second kappa shape index (κ2) is 4.20. The normalized spacial score (nSPS) is 10.5. The van der Waals surface area contributed by atoms with E-state index in [1.165, 1.54) is 12.4 Å². The Balaban J connectivity index is 2.48. The largest absolute Gasteiger partial charge is 0.290 e. The number of anilines is 1. The SMILES string of the molecule is O=c1[nH]c(NNCCl)nc2nccnc12. The van der Waals surface area contributed by atoms with Crippen molar-refractivity contribution in [3.8, 4) is 0 Å². The molecular weight excluding hydrogens is 220 g/mol. The summed E-state index contributed by atoms with van der Waals surface area (Å²) in [6.07, 6.45) is 2.90. The third-order valence-corrected chi connectivity index (χ3v) is 1.75. The van der Waals surface area contributed by atoms with Gasteiger partial charge in [-0.15, -0.1) is 11.6 Å². The molecule has 8 heteroatoms. The van der Waals surface area contributed by atoms with E-state index in [0.717, 1.165) is 0 Å². The number of nitrogens with one attached hydrogen (secondary N) is 3. The molecule has 0 radical (unpaired) electrons. The summed E-state index contributed by atoms with van der Waals surface area (Å²) < 4.78 is 0. The summed E-state index contributed by atoms with van der Waals surface area (Å²) in [6.45, 7) is 0. The van der Waals surface area contributed by atoms with Crippen LogP contribution in [0, 0.1) is 0 Å². The van der Waals surface area contributed by atoms with Crippen molar-refractivity contribution in [1.29, 1.82) is 0 Å². The lowest BCUT2D eigenvalue weighted by Gasteiger charge is -2.03. The molecule has 0 aliphatic heterocycles. The van der Waals surface area contributed by atoms with Gasteiger partial charge in [0.05, 0.1) is 6.00 Å². The third kappa shape index (κ3) is 2.03. The zero-order valence-electron chi connectivity index (χ0n) is 7.49. The van der Waals surface area contributed by atoms with E-state index in [0.29, 0.717) is 0 Å². The fourth-order valence-corrected chi connectivity index (χ4v) is 1.12. The van der Waals surface area contributed by atoms with Gasteiger partial charge >= 0.3 is 0 Å². The van der Waals surface area contributed by atoms with Gasteiger partial charge in [0, 0.05) is 12.4 Å². The molecule has 0 aliphatic carbocycles. The number of alkyl halides is 1. The van der Waals surface area contributed by atoms with Gasteiger partial charge in [0.25, 0.3) is 5.56 Å². The minimum atomic E-state index is -0.355. The number of halogens is 1. The van der Waals surface area contributed by atoms with Gasteiger partial charge in [-0.2, -0.15) is 4.98 Å². The molecule has 0 spiro atoms. The Hall–Kier alpha value is -1.73. The second-order valence-electron chi connectivity index (χ2n) is 2.58. The lowest BCUT2D eigenvalue weighted by Crippen LogP contribution is -2.24. The summed E-state index contributed by atoms with van der Waals surface area (Å²) >= 11 is 5.39. The summed E-state index contributed by atoms with van der Waals surface area (Å²) in [5.41, 5.74) is 5.33. The summed E-state index contributed by atoms with van der Waals surface area (Å²) in [7, 11) is 0. The van der Waals surface area contributed by atoms with Crippen LogP contribution in [0.4, 0.5) is 5.95 Å². The molecule has 3 N–H and O–H groups in total. The molecule has 2 aromatic rings. The molecule has 0 bridgehead atoms. The van der Waals surface area contributed by atoms with E-state index in [9.17, 15) is 4.79 Å². The lowest BCUT2D eigenvalue weighted by molar-refractivity contribution is 0.906. The average Bonchev–Trinajstić information content (AvgIpc) is 2.26. The van der Waals surface area contributed by atoms with Crippen molar-refractivity contribution in [3.05, 3.63) is 22.7 Å². The highest BCUT2D eigenvalue weighted by molar-refractivity contribution is 6.17. The topological polar surface area (TPSA) is 95.6 Å². The summed E-state index contributed by atoms with van der Waals surface area (Å²) in [5.74, 6) is 0.244. The van der Waals surface area contributed by atoms with Gasteiger partial charge in [0.15, 0.2) is 11.2 Å². The molecule has 0 aromatic carbocycles. The highest BCUT2D eigenvalue weighted by Crippen LogP contribution is 2.00. The van der Waals surface area contributed by atoms with E-state index < -0.39 is 0 Å². The molecule has 0 fully saturated rings. The van der Waals surface area contributed by atoms with Crippen LogP contribution in [0.25, 0.3) is 11.2 Å². The quantitative estimate of drug-likeness (QED) is 0.382. The van der Waals surface area contributed by atoms with Gasteiger partial charge in [0.2, 0.25) is 5.95 Å². The molecule has 0 atom stereocenters. The lowest BCUT2D eigenvalue weighted by atomic mass is 10.5. The predicted octanol–water partition coefficient (Wildman–Crippen LogP) is -0.174. The van der Waals surface area contributed by atoms with Crippen molar-refractivity contribution in [2.45, 2.75) is 0 Å². The van der Waals surface area contributed by atoms with Crippen LogP contribution in [-0.2, 0) is 0 Å². The number of fused-ring (bicyclic) bond motifs is 1. The molecule has 78 valence electrons.